The number of nitrogens with one attached hydrogen (secondary N) is 3. The highest BCUT2D eigenvalue weighted by molar-refractivity contribution is 5.90. The number of ether oxygens (including phenoxy) is 1. The van der Waals surface area contributed by atoms with E-state index in [2.05, 4.69) is 76.3 Å². The van der Waals surface area contributed by atoms with Crippen LogP contribution >= 0.6 is 0 Å². The SMILES string of the molecule is O=C(N[C@H](Cc1cccc2ccccc12)C(=O)N[C@H](CC1=CCc2ccccc21)c1ncc(-c2ccccc2)[nH]1)OCC1c2ccccc2-c2ccccc21. The van der Waals surface area contributed by atoms with Crippen LogP contribution < -0.4 is 10.6 Å². The summed E-state index contributed by atoms with van der Waals surface area (Å²) in [7, 11) is 0. The smallest absolute Gasteiger partial charge is 0.407 e. The molecule has 0 radical (unpaired) electrons. The van der Waals surface area contributed by atoms with Crippen molar-refractivity contribution in [3.63, 3.8) is 0 Å². The van der Waals surface area contributed by atoms with Gasteiger partial charge >= 0.3 is 6.09 Å². The molecule has 1 aromatic heterocycles. The molecule has 2 aliphatic rings. The van der Waals surface area contributed by atoms with E-state index < -0.39 is 18.2 Å². The Kier molecular flexibility index (Phi) is 9.26. The van der Waals surface area contributed by atoms with Crippen molar-refractivity contribution < 1.29 is 14.3 Å². The molecule has 3 N–H and O–H groups in total. The van der Waals surface area contributed by atoms with Gasteiger partial charge in [-0.15, -0.1) is 0 Å². The number of nitrogens with zero attached hydrogens (tertiary/aromatic N) is 1. The molecule has 0 fully saturated rings. The fourth-order valence-corrected chi connectivity index (χ4v) is 8.22. The van der Waals surface area contributed by atoms with Gasteiger partial charge in [-0.3, -0.25) is 4.79 Å². The summed E-state index contributed by atoms with van der Waals surface area (Å²) in [6.07, 6.45) is 5.03. The van der Waals surface area contributed by atoms with Crippen LogP contribution in [0.15, 0.2) is 158 Å². The molecule has 7 nitrogen and oxygen atoms in total. The van der Waals surface area contributed by atoms with Crippen molar-refractivity contribution in [2.75, 3.05) is 6.61 Å². The topological polar surface area (TPSA) is 96.1 Å². The van der Waals surface area contributed by atoms with Gasteiger partial charge in [0.05, 0.1) is 17.9 Å². The van der Waals surface area contributed by atoms with Crippen LogP contribution in [-0.2, 0) is 22.4 Å². The monoisotopic (exact) mass is 720 g/mol. The summed E-state index contributed by atoms with van der Waals surface area (Å²) < 4.78 is 5.98. The van der Waals surface area contributed by atoms with Crippen LogP contribution in [-0.4, -0.2) is 34.6 Å². The van der Waals surface area contributed by atoms with Crippen LogP contribution in [0, 0.1) is 0 Å². The van der Waals surface area contributed by atoms with Gasteiger partial charge in [-0.25, -0.2) is 9.78 Å². The van der Waals surface area contributed by atoms with E-state index in [4.69, 9.17) is 9.72 Å². The first-order chi connectivity index (χ1) is 27.1. The van der Waals surface area contributed by atoms with Crippen molar-refractivity contribution in [1.82, 2.24) is 20.6 Å². The number of aromatic amines is 1. The second-order valence-electron chi connectivity index (χ2n) is 14.3. The Hall–Kier alpha value is -6.73. The molecule has 0 saturated heterocycles. The Morgan fingerprint density at radius 2 is 1.38 bits per heavy atom. The van der Waals surface area contributed by atoms with E-state index in [9.17, 15) is 9.59 Å². The minimum Gasteiger partial charge on any atom is -0.449 e. The Bertz CT molecular complexity index is 2510. The zero-order valence-corrected chi connectivity index (χ0v) is 30.2. The zero-order valence-electron chi connectivity index (χ0n) is 30.2. The fourth-order valence-electron chi connectivity index (χ4n) is 8.22. The summed E-state index contributed by atoms with van der Waals surface area (Å²) in [4.78, 5) is 36.7. The maximum absolute atomic E-state index is 14.6. The lowest BCUT2D eigenvalue weighted by molar-refractivity contribution is -0.123. The lowest BCUT2D eigenvalue weighted by Gasteiger charge is -2.24. The molecule has 0 spiro atoms. The van der Waals surface area contributed by atoms with Gasteiger partial charge in [-0.1, -0.05) is 152 Å². The Morgan fingerprint density at radius 1 is 0.709 bits per heavy atom. The van der Waals surface area contributed by atoms with E-state index in [1.807, 2.05) is 97.2 Å². The number of carbonyl (C=O) groups is 2. The number of hydrogen-bond acceptors (Lipinski definition) is 4. The van der Waals surface area contributed by atoms with E-state index in [0.717, 1.165) is 61.8 Å². The van der Waals surface area contributed by atoms with Crippen LogP contribution in [0.25, 0.3) is 38.7 Å². The summed E-state index contributed by atoms with van der Waals surface area (Å²) in [6, 6.07) is 47.6. The minimum atomic E-state index is -0.933. The van der Waals surface area contributed by atoms with Gasteiger partial charge in [0.15, 0.2) is 0 Å². The number of carbonyl (C=O) groups excluding carboxylic acids is 2. The highest BCUT2D eigenvalue weighted by Gasteiger charge is 2.31. The van der Waals surface area contributed by atoms with Crippen molar-refractivity contribution in [2.24, 2.45) is 0 Å². The zero-order chi connectivity index (χ0) is 37.1. The first-order valence-corrected chi connectivity index (χ1v) is 18.9. The lowest BCUT2D eigenvalue weighted by Crippen LogP contribution is -2.49. The number of H-pyrrole nitrogens is 1. The molecule has 2 amide bonds. The van der Waals surface area contributed by atoms with Gasteiger partial charge in [-0.2, -0.15) is 0 Å². The number of aromatic nitrogens is 2. The van der Waals surface area contributed by atoms with Crippen molar-refractivity contribution in [2.45, 2.75) is 37.3 Å². The first kappa shape index (κ1) is 34.1. The predicted molar refractivity (Wildman–Crippen MR) is 217 cm³/mol. The molecular weight excluding hydrogens is 681 g/mol. The molecule has 7 heteroatoms. The molecule has 2 aliphatic carbocycles. The van der Waals surface area contributed by atoms with Crippen LogP contribution in [0.5, 0.6) is 0 Å². The summed E-state index contributed by atoms with van der Waals surface area (Å²) in [5, 5.41) is 8.38. The normalized spacial score (nSPS) is 14.0. The summed E-state index contributed by atoms with van der Waals surface area (Å²) in [5.41, 5.74) is 11.0. The second kappa shape index (κ2) is 15.0. The predicted octanol–water partition coefficient (Wildman–Crippen LogP) is 9.57. The third-order valence-corrected chi connectivity index (χ3v) is 10.9. The molecule has 0 unspecified atom stereocenters. The third kappa shape index (κ3) is 6.93. The van der Waals surface area contributed by atoms with Gasteiger partial charge in [0, 0.05) is 18.8 Å². The number of rotatable bonds is 11. The lowest BCUT2D eigenvalue weighted by atomic mass is 9.97. The van der Waals surface area contributed by atoms with Gasteiger partial charge in [0.25, 0.3) is 0 Å². The summed E-state index contributed by atoms with van der Waals surface area (Å²) in [6.45, 7) is 0.146. The molecule has 9 rings (SSSR count). The molecule has 6 aromatic carbocycles. The van der Waals surface area contributed by atoms with E-state index >= 15 is 0 Å². The number of hydrogen-bond donors (Lipinski definition) is 3. The molecule has 0 saturated carbocycles. The van der Waals surface area contributed by atoms with Crippen molar-refractivity contribution in [1.29, 1.82) is 0 Å². The highest BCUT2D eigenvalue weighted by atomic mass is 16.5. The molecule has 0 aliphatic heterocycles. The number of allylic oxidation sites excluding steroid dienone is 1. The highest BCUT2D eigenvalue weighted by Crippen LogP contribution is 2.44. The van der Waals surface area contributed by atoms with Crippen LogP contribution in [0.1, 0.15) is 52.0 Å². The Labute approximate surface area is 320 Å². The van der Waals surface area contributed by atoms with Crippen molar-refractivity contribution >= 4 is 28.3 Å². The average molecular weight is 721 g/mol. The summed E-state index contributed by atoms with van der Waals surface area (Å²) in [5.74, 6) is 0.215. The maximum Gasteiger partial charge on any atom is 0.407 e. The minimum absolute atomic E-state index is 0.104. The molecule has 0 bridgehead atoms. The molecule has 270 valence electrons. The maximum atomic E-state index is 14.6. The van der Waals surface area contributed by atoms with E-state index in [0.29, 0.717) is 12.2 Å². The molecule has 1 heterocycles. The van der Waals surface area contributed by atoms with E-state index in [1.165, 1.54) is 11.1 Å². The number of amides is 2. The average Bonchev–Trinajstić information content (AvgIpc) is 3.97. The van der Waals surface area contributed by atoms with E-state index in [1.54, 1.807) is 0 Å². The standard InChI is InChI=1S/C48H40N4O3/c53-47(51-43(27-35-26-25-32-14-5-7-20-37(32)35)46-49-29-45(50-46)33-15-2-1-3-16-33)44(28-34-18-12-17-31-13-4-6-19-36(31)34)52-48(54)55-30-42-40-23-10-8-21-38(40)39-22-9-11-24-41(39)42/h1-24,26,29,42-44H,25,27-28,30H2,(H,49,50)(H,51,53)(H,52,54)/t43-,44-/m1/s1. The fraction of sp³-hybridized carbons (Fsp3) is 0.146. The number of benzene rings is 6. The molecule has 2 atom stereocenters. The molecule has 55 heavy (non-hydrogen) atoms. The van der Waals surface area contributed by atoms with Crippen molar-refractivity contribution in [3.8, 4) is 22.4 Å². The second-order valence-corrected chi connectivity index (χ2v) is 14.3. The quantitative estimate of drug-likeness (QED) is 0.124. The van der Waals surface area contributed by atoms with Crippen LogP contribution in [0.3, 0.4) is 0 Å². The van der Waals surface area contributed by atoms with Gasteiger partial charge in [0.2, 0.25) is 5.91 Å². The number of fused-ring (bicyclic) bond motifs is 5. The Balaban J connectivity index is 1.00. The van der Waals surface area contributed by atoms with Gasteiger partial charge < -0.3 is 20.4 Å². The molecule has 7 aromatic rings. The summed E-state index contributed by atoms with van der Waals surface area (Å²) >= 11 is 0. The van der Waals surface area contributed by atoms with Crippen LogP contribution in [0.2, 0.25) is 0 Å². The van der Waals surface area contributed by atoms with Crippen LogP contribution in [0.4, 0.5) is 4.79 Å². The van der Waals surface area contributed by atoms with Gasteiger partial charge in [-0.05, 0) is 67.3 Å². The third-order valence-electron chi connectivity index (χ3n) is 10.9. The first-order valence-electron chi connectivity index (χ1n) is 18.9. The van der Waals surface area contributed by atoms with Gasteiger partial charge in [0.1, 0.15) is 18.5 Å². The number of alkyl carbamates (subject to hydrolysis) is 1. The molecular formula is C48H40N4O3. The van der Waals surface area contributed by atoms with Crippen molar-refractivity contribution in [3.05, 3.63) is 192 Å². The van der Waals surface area contributed by atoms with E-state index in [-0.39, 0.29) is 24.9 Å². The number of imidazole rings is 1. The Morgan fingerprint density at radius 3 is 2.18 bits per heavy atom. The largest absolute Gasteiger partial charge is 0.449 e.